The number of aliphatic carboxylic acids is 1. The number of carboxylic acids is 1. The molecule has 0 atom stereocenters. The number of hydrogen-bond acceptors (Lipinski definition) is 5. The molecule has 0 amide bonds. The largest absolute Gasteiger partial charge is 0.496 e. The summed E-state index contributed by atoms with van der Waals surface area (Å²) in [5, 5.41) is 9.66. The van der Waals surface area contributed by atoms with Gasteiger partial charge in [-0.3, -0.25) is 0 Å². The average molecular weight is 423 g/mol. The van der Waals surface area contributed by atoms with E-state index in [0.717, 1.165) is 0 Å². The first kappa shape index (κ1) is 19.7. The Morgan fingerprint density at radius 2 is 1.50 bits per heavy atom. The van der Waals surface area contributed by atoms with E-state index in [0.29, 0.717) is 38.6 Å². The van der Waals surface area contributed by atoms with Crippen LogP contribution in [0.1, 0.15) is 11.1 Å². The smallest absolute Gasteiger partial charge is 0.336 e. The fraction of sp³-hybridized carbons (Fsp3) is 0.211. The molecule has 26 heavy (non-hydrogen) atoms. The predicted octanol–water partition coefficient (Wildman–Crippen LogP) is 4.11. The number of benzene rings is 2. The second kappa shape index (κ2) is 8.62. The molecule has 0 aromatic heterocycles. The third kappa shape index (κ3) is 4.11. The highest BCUT2D eigenvalue weighted by molar-refractivity contribution is 9.10. The maximum Gasteiger partial charge on any atom is 0.336 e. The third-order valence-electron chi connectivity index (χ3n) is 3.69. The highest BCUT2D eigenvalue weighted by Gasteiger charge is 2.16. The van der Waals surface area contributed by atoms with Gasteiger partial charge in [-0.25, -0.2) is 4.79 Å². The lowest BCUT2D eigenvalue weighted by molar-refractivity contribution is -0.130. The number of rotatable bonds is 7. The van der Waals surface area contributed by atoms with Crippen molar-refractivity contribution in [2.24, 2.45) is 0 Å². The van der Waals surface area contributed by atoms with Crippen LogP contribution in [0.5, 0.6) is 23.0 Å². The van der Waals surface area contributed by atoms with Gasteiger partial charge in [0.25, 0.3) is 0 Å². The van der Waals surface area contributed by atoms with Gasteiger partial charge in [-0.1, -0.05) is 6.07 Å². The second-order valence-corrected chi connectivity index (χ2v) is 6.03. The summed E-state index contributed by atoms with van der Waals surface area (Å²) in [6.45, 7) is 0. The fourth-order valence-corrected chi connectivity index (χ4v) is 2.99. The van der Waals surface area contributed by atoms with E-state index in [1.165, 1.54) is 21.3 Å². The van der Waals surface area contributed by atoms with E-state index in [1.54, 1.807) is 43.5 Å². The molecule has 0 saturated heterocycles. The Kier molecular flexibility index (Phi) is 6.52. The summed E-state index contributed by atoms with van der Waals surface area (Å²) < 4.78 is 21.8. The van der Waals surface area contributed by atoms with Crippen molar-refractivity contribution in [3.63, 3.8) is 0 Å². The fourth-order valence-electron chi connectivity index (χ4n) is 2.45. The summed E-state index contributed by atoms with van der Waals surface area (Å²) in [6.07, 6.45) is 1.54. The molecule has 0 unspecified atom stereocenters. The molecule has 138 valence electrons. The SMILES string of the molecule is COc1ccc(/C(=C\c2cc(OC)c(OC)c(OC)c2)C(=O)O)cc1Br. The average Bonchev–Trinajstić information content (AvgIpc) is 2.64. The third-order valence-corrected chi connectivity index (χ3v) is 4.31. The van der Waals surface area contributed by atoms with Crippen LogP contribution in [0.2, 0.25) is 0 Å². The normalized spacial score (nSPS) is 11.0. The minimum atomic E-state index is -1.06. The molecule has 0 aliphatic carbocycles. The molecule has 0 aliphatic rings. The van der Waals surface area contributed by atoms with Crippen LogP contribution >= 0.6 is 15.9 Å². The summed E-state index contributed by atoms with van der Waals surface area (Å²) in [5.74, 6) is 0.885. The Morgan fingerprint density at radius 1 is 0.923 bits per heavy atom. The number of halogens is 1. The van der Waals surface area contributed by atoms with Crippen LogP contribution in [0, 0.1) is 0 Å². The molecular formula is C19H19BrO6. The molecule has 1 N–H and O–H groups in total. The number of carboxylic acid groups (broad SMARTS) is 1. The highest BCUT2D eigenvalue weighted by Crippen LogP contribution is 2.39. The van der Waals surface area contributed by atoms with Crippen molar-refractivity contribution >= 4 is 33.5 Å². The summed E-state index contributed by atoms with van der Waals surface area (Å²) in [4.78, 5) is 11.8. The van der Waals surface area contributed by atoms with Gasteiger partial charge in [0.15, 0.2) is 11.5 Å². The first-order valence-electron chi connectivity index (χ1n) is 7.54. The van der Waals surface area contributed by atoms with Gasteiger partial charge in [0.2, 0.25) is 5.75 Å². The van der Waals surface area contributed by atoms with Gasteiger partial charge in [-0.15, -0.1) is 0 Å². The van der Waals surface area contributed by atoms with Crippen molar-refractivity contribution in [3.05, 3.63) is 45.9 Å². The van der Waals surface area contributed by atoms with Crippen LogP contribution in [-0.4, -0.2) is 39.5 Å². The Balaban J connectivity index is 2.59. The Morgan fingerprint density at radius 3 is 1.92 bits per heavy atom. The van der Waals surface area contributed by atoms with Crippen molar-refractivity contribution in [1.82, 2.24) is 0 Å². The Labute approximate surface area is 160 Å². The van der Waals surface area contributed by atoms with Crippen LogP contribution < -0.4 is 18.9 Å². The van der Waals surface area contributed by atoms with Gasteiger partial charge in [-0.05, 0) is 57.4 Å². The van der Waals surface area contributed by atoms with Crippen molar-refractivity contribution in [1.29, 1.82) is 0 Å². The lowest BCUT2D eigenvalue weighted by Gasteiger charge is -2.13. The Bertz CT molecular complexity index is 819. The molecule has 0 saturated carbocycles. The lowest BCUT2D eigenvalue weighted by atomic mass is 10.0. The molecule has 2 aromatic carbocycles. The molecule has 0 bridgehead atoms. The summed E-state index contributed by atoms with van der Waals surface area (Å²) >= 11 is 3.37. The summed E-state index contributed by atoms with van der Waals surface area (Å²) in [6, 6.07) is 8.44. The van der Waals surface area contributed by atoms with Gasteiger partial charge >= 0.3 is 5.97 Å². The molecule has 0 fully saturated rings. The monoisotopic (exact) mass is 422 g/mol. The minimum absolute atomic E-state index is 0.114. The number of ether oxygens (including phenoxy) is 4. The van der Waals surface area contributed by atoms with E-state index < -0.39 is 5.97 Å². The zero-order valence-corrected chi connectivity index (χ0v) is 16.4. The molecular weight excluding hydrogens is 404 g/mol. The molecule has 0 aliphatic heterocycles. The van der Waals surface area contributed by atoms with Crippen molar-refractivity contribution in [2.45, 2.75) is 0 Å². The van der Waals surface area contributed by atoms with Gasteiger partial charge in [0, 0.05) is 0 Å². The summed E-state index contributed by atoms with van der Waals surface area (Å²) in [7, 11) is 6.06. The molecule has 2 aromatic rings. The van der Waals surface area contributed by atoms with Crippen LogP contribution in [-0.2, 0) is 4.79 Å². The van der Waals surface area contributed by atoms with Gasteiger partial charge in [0.1, 0.15) is 5.75 Å². The van der Waals surface area contributed by atoms with Crippen molar-refractivity contribution in [2.75, 3.05) is 28.4 Å². The van der Waals surface area contributed by atoms with E-state index in [2.05, 4.69) is 15.9 Å². The quantitative estimate of drug-likeness (QED) is 0.534. The topological polar surface area (TPSA) is 74.2 Å². The van der Waals surface area contributed by atoms with Crippen LogP contribution in [0.15, 0.2) is 34.8 Å². The second-order valence-electron chi connectivity index (χ2n) is 5.17. The van der Waals surface area contributed by atoms with E-state index >= 15 is 0 Å². The predicted molar refractivity (Wildman–Crippen MR) is 102 cm³/mol. The van der Waals surface area contributed by atoms with Crippen LogP contribution in [0.4, 0.5) is 0 Å². The Hall–Kier alpha value is -2.67. The molecule has 0 spiro atoms. The first-order chi connectivity index (χ1) is 12.4. The van der Waals surface area contributed by atoms with E-state index in [-0.39, 0.29) is 5.57 Å². The van der Waals surface area contributed by atoms with Crippen molar-refractivity contribution in [3.8, 4) is 23.0 Å². The molecule has 0 radical (unpaired) electrons. The summed E-state index contributed by atoms with van der Waals surface area (Å²) in [5.41, 5.74) is 1.24. The first-order valence-corrected chi connectivity index (χ1v) is 8.33. The van der Waals surface area contributed by atoms with Crippen molar-refractivity contribution < 1.29 is 28.8 Å². The minimum Gasteiger partial charge on any atom is -0.496 e. The zero-order valence-electron chi connectivity index (χ0n) is 14.8. The number of hydrogen-bond donors (Lipinski definition) is 1. The maximum atomic E-state index is 11.8. The van der Waals surface area contributed by atoms with E-state index in [4.69, 9.17) is 18.9 Å². The van der Waals surface area contributed by atoms with E-state index in [9.17, 15) is 9.90 Å². The van der Waals surface area contributed by atoms with Crippen LogP contribution in [0.25, 0.3) is 11.6 Å². The van der Waals surface area contributed by atoms with Gasteiger partial charge < -0.3 is 24.1 Å². The van der Waals surface area contributed by atoms with Crippen LogP contribution in [0.3, 0.4) is 0 Å². The maximum absolute atomic E-state index is 11.8. The van der Waals surface area contributed by atoms with Gasteiger partial charge in [0.05, 0.1) is 38.5 Å². The number of carbonyl (C=O) groups is 1. The molecule has 2 rings (SSSR count). The molecule has 0 heterocycles. The number of methoxy groups -OCH3 is 4. The molecule has 7 heteroatoms. The molecule has 6 nitrogen and oxygen atoms in total. The highest BCUT2D eigenvalue weighted by atomic mass is 79.9. The standard InChI is InChI=1S/C19H19BrO6/c1-23-15-6-5-12(10-14(15)20)13(19(21)22)7-11-8-16(24-2)18(26-4)17(9-11)25-3/h5-10H,1-4H3,(H,21,22)/b13-7+. The van der Waals surface area contributed by atoms with Gasteiger partial charge in [-0.2, -0.15) is 0 Å². The lowest BCUT2D eigenvalue weighted by Crippen LogP contribution is -2.01. The zero-order chi connectivity index (χ0) is 19.3. The van der Waals surface area contributed by atoms with E-state index in [1.807, 2.05) is 0 Å².